The molecule has 0 saturated carbocycles. The van der Waals surface area contributed by atoms with Crippen LogP contribution in [-0.4, -0.2) is 12.1 Å². The summed E-state index contributed by atoms with van der Waals surface area (Å²) in [4.78, 5) is 0. The average Bonchev–Trinajstić information content (AvgIpc) is 2.15. The van der Waals surface area contributed by atoms with Crippen molar-refractivity contribution in [1.82, 2.24) is 5.32 Å². The molecule has 1 N–H and O–H groups in total. The summed E-state index contributed by atoms with van der Waals surface area (Å²) < 4.78 is 6.10. The third kappa shape index (κ3) is 2.04. The Kier molecular flexibility index (Phi) is 2.53. The zero-order valence-electron chi connectivity index (χ0n) is 10.2. The Bertz CT molecular complexity index is 323. The molecule has 2 heterocycles. The minimum absolute atomic E-state index is 0.00810. The van der Waals surface area contributed by atoms with E-state index in [4.69, 9.17) is 4.74 Å². The van der Waals surface area contributed by atoms with Crippen LogP contribution in [0.1, 0.15) is 40.5 Å². The van der Waals surface area contributed by atoms with Crippen LogP contribution in [0.5, 0.6) is 0 Å². The molecule has 0 unspecified atom stereocenters. The molecule has 84 valence electrons. The van der Waals surface area contributed by atoms with Gasteiger partial charge in [0, 0.05) is 6.54 Å². The second-order valence-corrected chi connectivity index (χ2v) is 5.36. The fraction of sp³-hybridized carbons (Fsp3) is 0.692. The number of dihydropyridines is 1. The van der Waals surface area contributed by atoms with E-state index in [1.54, 1.807) is 0 Å². The molecule has 0 aromatic rings. The zero-order valence-corrected chi connectivity index (χ0v) is 10.2. The Labute approximate surface area is 92.4 Å². The first kappa shape index (κ1) is 10.6. The molecule has 2 aliphatic heterocycles. The Morgan fingerprint density at radius 1 is 1.40 bits per heavy atom. The summed E-state index contributed by atoms with van der Waals surface area (Å²) in [5, 5.41) is 3.42. The molecule has 0 fully saturated rings. The average molecular weight is 207 g/mol. The van der Waals surface area contributed by atoms with Crippen molar-refractivity contribution in [2.45, 2.75) is 46.1 Å². The standard InChI is InChI=1S/C13H21NO/c1-9(2)10-6-8-14-11-5-7-13(3,4)15-12(10)11/h6,9,14H,5,7-8H2,1-4H3. The summed E-state index contributed by atoms with van der Waals surface area (Å²) in [5.41, 5.74) is 2.67. The number of nitrogens with one attached hydrogen (secondary N) is 1. The van der Waals surface area contributed by atoms with Crippen LogP contribution < -0.4 is 5.32 Å². The SMILES string of the molecule is CC(C)C1=CCNC2=C1OC(C)(C)CC2. The fourth-order valence-corrected chi connectivity index (χ4v) is 2.21. The highest BCUT2D eigenvalue weighted by Crippen LogP contribution is 2.37. The molecule has 0 amide bonds. The van der Waals surface area contributed by atoms with Gasteiger partial charge in [0.1, 0.15) is 11.4 Å². The highest BCUT2D eigenvalue weighted by Gasteiger charge is 2.31. The van der Waals surface area contributed by atoms with E-state index in [1.165, 1.54) is 11.3 Å². The van der Waals surface area contributed by atoms with Crippen LogP contribution in [0.4, 0.5) is 0 Å². The molecule has 2 heteroatoms. The van der Waals surface area contributed by atoms with Gasteiger partial charge < -0.3 is 10.1 Å². The third-order valence-corrected chi connectivity index (χ3v) is 3.15. The van der Waals surface area contributed by atoms with E-state index in [2.05, 4.69) is 39.1 Å². The van der Waals surface area contributed by atoms with Crippen LogP contribution >= 0.6 is 0 Å². The molecular weight excluding hydrogens is 186 g/mol. The Balaban J connectivity index is 2.30. The Hall–Kier alpha value is -0.920. The lowest BCUT2D eigenvalue weighted by Gasteiger charge is -2.38. The van der Waals surface area contributed by atoms with Crippen LogP contribution in [-0.2, 0) is 4.74 Å². The number of allylic oxidation sites excluding steroid dienone is 2. The molecule has 0 radical (unpaired) electrons. The van der Waals surface area contributed by atoms with Gasteiger partial charge in [-0.05, 0) is 38.2 Å². The van der Waals surface area contributed by atoms with Crippen molar-refractivity contribution >= 4 is 0 Å². The minimum Gasteiger partial charge on any atom is -0.486 e. The van der Waals surface area contributed by atoms with Gasteiger partial charge in [-0.2, -0.15) is 0 Å². The van der Waals surface area contributed by atoms with Gasteiger partial charge >= 0.3 is 0 Å². The van der Waals surface area contributed by atoms with Gasteiger partial charge in [0.05, 0.1) is 5.70 Å². The van der Waals surface area contributed by atoms with Crippen LogP contribution in [0.2, 0.25) is 0 Å². The van der Waals surface area contributed by atoms with E-state index in [0.717, 1.165) is 25.1 Å². The largest absolute Gasteiger partial charge is 0.486 e. The monoisotopic (exact) mass is 207 g/mol. The molecule has 15 heavy (non-hydrogen) atoms. The molecular formula is C13H21NO. The van der Waals surface area contributed by atoms with E-state index < -0.39 is 0 Å². The smallest absolute Gasteiger partial charge is 0.142 e. The van der Waals surface area contributed by atoms with Crippen LogP contribution in [0.3, 0.4) is 0 Å². The number of hydrogen-bond donors (Lipinski definition) is 1. The molecule has 0 aliphatic carbocycles. The summed E-state index contributed by atoms with van der Waals surface area (Å²) in [5.74, 6) is 1.67. The zero-order chi connectivity index (χ0) is 11.1. The summed E-state index contributed by atoms with van der Waals surface area (Å²) in [6.07, 6.45) is 4.47. The lowest BCUT2D eigenvalue weighted by atomic mass is 9.90. The molecule has 0 atom stereocenters. The molecule has 2 aliphatic rings. The predicted molar refractivity (Wildman–Crippen MR) is 62.3 cm³/mol. The third-order valence-electron chi connectivity index (χ3n) is 3.15. The van der Waals surface area contributed by atoms with E-state index in [0.29, 0.717) is 5.92 Å². The number of ether oxygens (including phenoxy) is 1. The van der Waals surface area contributed by atoms with Crippen molar-refractivity contribution < 1.29 is 4.74 Å². The minimum atomic E-state index is -0.00810. The van der Waals surface area contributed by atoms with Gasteiger partial charge in [-0.3, -0.25) is 0 Å². The first-order chi connectivity index (χ1) is 6.99. The molecule has 0 aromatic heterocycles. The molecule has 0 saturated heterocycles. The van der Waals surface area contributed by atoms with Gasteiger partial charge in [0.15, 0.2) is 0 Å². The van der Waals surface area contributed by atoms with Gasteiger partial charge in [-0.15, -0.1) is 0 Å². The van der Waals surface area contributed by atoms with Crippen LogP contribution in [0.25, 0.3) is 0 Å². The van der Waals surface area contributed by atoms with Crippen molar-refractivity contribution in [3.63, 3.8) is 0 Å². The maximum atomic E-state index is 6.10. The molecule has 0 aromatic carbocycles. The summed E-state index contributed by atoms with van der Waals surface area (Å²) in [6, 6.07) is 0. The van der Waals surface area contributed by atoms with Crippen molar-refractivity contribution in [2.24, 2.45) is 5.92 Å². The quantitative estimate of drug-likeness (QED) is 0.713. The number of hydrogen-bond acceptors (Lipinski definition) is 2. The van der Waals surface area contributed by atoms with Crippen molar-refractivity contribution in [3.05, 3.63) is 23.1 Å². The second-order valence-electron chi connectivity index (χ2n) is 5.36. The van der Waals surface area contributed by atoms with Crippen LogP contribution in [0.15, 0.2) is 23.1 Å². The van der Waals surface area contributed by atoms with E-state index >= 15 is 0 Å². The summed E-state index contributed by atoms with van der Waals surface area (Å²) in [6.45, 7) is 9.75. The van der Waals surface area contributed by atoms with Gasteiger partial charge in [-0.25, -0.2) is 0 Å². The Morgan fingerprint density at radius 3 is 2.80 bits per heavy atom. The van der Waals surface area contributed by atoms with Crippen molar-refractivity contribution in [2.75, 3.05) is 6.54 Å². The first-order valence-electron chi connectivity index (χ1n) is 5.86. The summed E-state index contributed by atoms with van der Waals surface area (Å²) in [7, 11) is 0. The number of rotatable bonds is 1. The highest BCUT2D eigenvalue weighted by atomic mass is 16.5. The van der Waals surface area contributed by atoms with Gasteiger partial charge in [0.25, 0.3) is 0 Å². The lowest BCUT2D eigenvalue weighted by Crippen LogP contribution is -2.35. The first-order valence-corrected chi connectivity index (χ1v) is 5.86. The molecule has 0 spiro atoms. The maximum absolute atomic E-state index is 6.10. The maximum Gasteiger partial charge on any atom is 0.142 e. The van der Waals surface area contributed by atoms with Gasteiger partial charge in [0.2, 0.25) is 0 Å². The second kappa shape index (κ2) is 3.58. The van der Waals surface area contributed by atoms with E-state index in [9.17, 15) is 0 Å². The normalized spacial score (nSPS) is 24.2. The molecule has 2 nitrogen and oxygen atoms in total. The highest BCUT2D eigenvalue weighted by molar-refractivity contribution is 5.36. The topological polar surface area (TPSA) is 21.3 Å². The van der Waals surface area contributed by atoms with E-state index in [-0.39, 0.29) is 5.60 Å². The van der Waals surface area contributed by atoms with E-state index in [1.807, 2.05) is 0 Å². The van der Waals surface area contributed by atoms with Crippen molar-refractivity contribution in [1.29, 1.82) is 0 Å². The Morgan fingerprint density at radius 2 is 2.13 bits per heavy atom. The predicted octanol–water partition coefficient (Wildman–Crippen LogP) is 2.97. The van der Waals surface area contributed by atoms with Gasteiger partial charge in [-0.1, -0.05) is 19.9 Å². The summed E-state index contributed by atoms with van der Waals surface area (Å²) >= 11 is 0. The lowest BCUT2D eigenvalue weighted by molar-refractivity contribution is 0.0130. The van der Waals surface area contributed by atoms with Crippen LogP contribution in [0, 0.1) is 5.92 Å². The molecule has 0 bridgehead atoms. The van der Waals surface area contributed by atoms with Crippen molar-refractivity contribution in [3.8, 4) is 0 Å². The molecule has 2 rings (SSSR count). The fourth-order valence-electron chi connectivity index (χ4n) is 2.21.